The van der Waals surface area contributed by atoms with Crippen molar-refractivity contribution in [1.82, 2.24) is 0 Å². The van der Waals surface area contributed by atoms with Crippen molar-refractivity contribution in [2.24, 2.45) is 11.3 Å². The van der Waals surface area contributed by atoms with Crippen molar-refractivity contribution < 1.29 is 5.11 Å². The van der Waals surface area contributed by atoms with E-state index in [9.17, 15) is 5.11 Å². The zero-order chi connectivity index (χ0) is 6.48. The largest absolute Gasteiger partial charge is 0.393 e. The van der Waals surface area contributed by atoms with Gasteiger partial charge in [0.25, 0.3) is 0 Å². The van der Waals surface area contributed by atoms with Gasteiger partial charge in [0.1, 0.15) is 0 Å². The predicted octanol–water partition coefficient (Wildman–Crippen LogP) is 1.33. The SMILES string of the molecule is C=CC12CCC(O)C1C2. The molecule has 2 fully saturated rings. The zero-order valence-electron chi connectivity index (χ0n) is 5.51. The van der Waals surface area contributed by atoms with Gasteiger partial charge in [0.2, 0.25) is 0 Å². The molecule has 0 radical (unpaired) electrons. The molecular weight excluding hydrogens is 112 g/mol. The van der Waals surface area contributed by atoms with Gasteiger partial charge in [0.05, 0.1) is 6.10 Å². The summed E-state index contributed by atoms with van der Waals surface area (Å²) in [5.41, 5.74) is 0.388. The first-order valence-corrected chi connectivity index (χ1v) is 3.60. The van der Waals surface area contributed by atoms with Gasteiger partial charge in [-0.05, 0) is 30.6 Å². The molecule has 2 aliphatic carbocycles. The minimum Gasteiger partial charge on any atom is -0.393 e. The number of rotatable bonds is 1. The van der Waals surface area contributed by atoms with Crippen molar-refractivity contribution in [1.29, 1.82) is 0 Å². The first-order valence-electron chi connectivity index (χ1n) is 3.60. The molecule has 2 rings (SSSR count). The maximum Gasteiger partial charge on any atom is 0.0577 e. The minimum atomic E-state index is -0.0111. The molecule has 0 aromatic heterocycles. The van der Waals surface area contributed by atoms with Gasteiger partial charge < -0.3 is 5.11 Å². The van der Waals surface area contributed by atoms with E-state index < -0.39 is 0 Å². The van der Waals surface area contributed by atoms with Gasteiger partial charge in [-0.2, -0.15) is 0 Å². The van der Waals surface area contributed by atoms with Gasteiger partial charge >= 0.3 is 0 Å². The summed E-state index contributed by atoms with van der Waals surface area (Å²) in [4.78, 5) is 0. The molecule has 1 heteroatoms. The van der Waals surface area contributed by atoms with E-state index in [0.29, 0.717) is 11.3 Å². The molecular formula is C8H12O. The monoisotopic (exact) mass is 124 g/mol. The third kappa shape index (κ3) is 0.531. The van der Waals surface area contributed by atoms with Crippen LogP contribution in [0.5, 0.6) is 0 Å². The maximum atomic E-state index is 9.29. The Balaban J connectivity index is 2.16. The molecule has 0 saturated heterocycles. The summed E-state index contributed by atoms with van der Waals surface area (Å²) in [6.07, 6.45) is 5.38. The lowest BCUT2D eigenvalue weighted by Crippen LogP contribution is -2.02. The van der Waals surface area contributed by atoms with Crippen molar-refractivity contribution in [2.75, 3.05) is 0 Å². The summed E-state index contributed by atoms with van der Waals surface area (Å²) < 4.78 is 0. The third-order valence-corrected chi connectivity index (χ3v) is 2.95. The Hall–Kier alpha value is -0.300. The second-order valence-corrected chi connectivity index (χ2v) is 3.35. The van der Waals surface area contributed by atoms with E-state index in [1.165, 1.54) is 12.8 Å². The quantitative estimate of drug-likeness (QED) is 0.523. The van der Waals surface area contributed by atoms with E-state index in [4.69, 9.17) is 0 Å². The fourth-order valence-corrected chi connectivity index (χ4v) is 2.11. The molecule has 3 atom stereocenters. The lowest BCUT2D eigenvalue weighted by Gasteiger charge is -1.99. The lowest BCUT2D eigenvalue weighted by atomic mass is 10.1. The second kappa shape index (κ2) is 1.40. The normalized spacial score (nSPS) is 54.8. The third-order valence-electron chi connectivity index (χ3n) is 2.95. The molecule has 0 spiro atoms. The molecule has 0 aliphatic heterocycles. The van der Waals surface area contributed by atoms with Crippen LogP contribution in [0.4, 0.5) is 0 Å². The van der Waals surface area contributed by atoms with E-state index >= 15 is 0 Å². The van der Waals surface area contributed by atoms with Crippen LogP contribution in [0.1, 0.15) is 19.3 Å². The summed E-state index contributed by atoms with van der Waals surface area (Å²) in [5.74, 6) is 0.579. The summed E-state index contributed by atoms with van der Waals surface area (Å²) in [5, 5.41) is 9.29. The summed E-state index contributed by atoms with van der Waals surface area (Å²) in [7, 11) is 0. The van der Waals surface area contributed by atoms with Crippen LogP contribution < -0.4 is 0 Å². The molecule has 2 saturated carbocycles. The van der Waals surface area contributed by atoms with Crippen LogP contribution in [0.15, 0.2) is 12.7 Å². The van der Waals surface area contributed by atoms with Crippen molar-refractivity contribution in [3.8, 4) is 0 Å². The number of aliphatic hydroxyl groups excluding tert-OH is 1. The van der Waals surface area contributed by atoms with Crippen LogP contribution in [-0.4, -0.2) is 11.2 Å². The number of hydrogen-bond acceptors (Lipinski definition) is 1. The van der Waals surface area contributed by atoms with Crippen LogP contribution >= 0.6 is 0 Å². The van der Waals surface area contributed by atoms with Crippen molar-refractivity contribution in [2.45, 2.75) is 25.4 Å². The fourth-order valence-electron chi connectivity index (χ4n) is 2.11. The van der Waals surface area contributed by atoms with Gasteiger partial charge in [0, 0.05) is 0 Å². The lowest BCUT2D eigenvalue weighted by molar-refractivity contribution is 0.159. The standard InChI is InChI=1S/C8H12O/c1-2-8-4-3-7(9)6(8)5-8/h2,6-7,9H,1,3-5H2. The smallest absolute Gasteiger partial charge is 0.0577 e. The van der Waals surface area contributed by atoms with Crippen molar-refractivity contribution >= 4 is 0 Å². The van der Waals surface area contributed by atoms with Gasteiger partial charge in [-0.3, -0.25) is 0 Å². The van der Waals surface area contributed by atoms with Crippen LogP contribution in [0.2, 0.25) is 0 Å². The van der Waals surface area contributed by atoms with E-state index in [0.717, 1.165) is 6.42 Å². The van der Waals surface area contributed by atoms with Gasteiger partial charge in [0.15, 0.2) is 0 Å². The van der Waals surface area contributed by atoms with E-state index in [1.807, 2.05) is 6.08 Å². The summed E-state index contributed by atoms with van der Waals surface area (Å²) in [6, 6.07) is 0. The molecule has 0 aromatic rings. The van der Waals surface area contributed by atoms with Gasteiger partial charge in [-0.1, -0.05) is 6.08 Å². The topological polar surface area (TPSA) is 20.2 Å². The van der Waals surface area contributed by atoms with Crippen LogP contribution in [0.3, 0.4) is 0 Å². The highest BCUT2D eigenvalue weighted by atomic mass is 16.3. The average Bonchev–Trinajstić information content (AvgIpc) is 2.53. The molecule has 3 unspecified atom stereocenters. The van der Waals surface area contributed by atoms with Crippen molar-refractivity contribution in [3.05, 3.63) is 12.7 Å². The minimum absolute atomic E-state index is 0.0111. The van der Waals surface area contributed by atoms with Crippen LogP contribution in [0.25, 0.3) is 0 Å². The number of fused-ring (bicyclic) bond motifs is 1. The molecule has 2 aliphatic rings. The molecule has 0 aromatic carbocycles. The molecule has 1 nitrogen and oxygen atoms in total. The van der Waals surface area contributed by atoms with Crippen molar-refractivity contribution in [3.63, 3.8) is 0 Å². The highest BCUT2D eigenvalue weighted by molar-refractivity contribution is 5.18. The summed E-state index contributed by atoms with van der Waals surface area (Å²) in [6.45, 7) is 3.78. The first-order chi connectivity index (χ1) is 4.28. The fraction of sp³-hybridized carbons (Fsp3) is 0.750. The Morgan fingerprint density at radius 3 is 2.67 bits per heavy atom. The highest BCUT2D eigenvalue weighted by Gasteiger charge is 2.59. The van der Waals surface area contributed by atoms with E-state index in [2.05, 4.69) is 6.58 Å². The van der Waals surface area contributed by atoms with Crippen LogP contribution in [-0.2, 0) is 0 Å². The Labute approximate surface area is 55.4 Å². The second-order valence-electron chi connectivity index (χ2n) is 3.35. The number of hydrogen-bond donors (Lipinski definition) is 1. The molecule has 9 heavy (non-hydrogen) atoms. The molecule has 0 amide bonds. The Morgan fingerprint density at radius 1 is 1.67 bits per heavy atom. The average molecular weight is 124 g/mol. The van der Waals surface area contributed by atoms with E-state index in [1.54, 1.807) is 0 Å². The molecule has 0 heterocycles. The van der Waals surface area contributed by atoms with Gasteiger partial charge in [-0.15, -0.1) is 6.58 Å². The van der Waals surface area contributed by atoms with E-state index in [-0.39, 0.29) is 6.10 Å². The number of allylic oxidation sites excluding steroid dienone is 1. The zero-order valence-corrected chi connectivity index (χ0v) is 5.51. The summed E-state index contributed by atoms with van der Waals surface area (Å²) >= 11 is 0. The Morgan fingerprint density at radius 2 is 2.44 bits per heavy atom. The van der Waals surface area contributed by atoms with Crippen LogP contribution in [0, 0.1) is 11.3 Å². The Bertz CT molecular complexity index is 153. The first kappa shape index (κ1) is 5.48. The molecule has 50 valence electrons. The highest BCUT2D eigenvalue weighted by Crippen LogP contribution is 2.64. The molecule has 0 bridgehead atoms. The Kier molecular flexibility index (Phi) is 0.854. The molecule has 1 N–H and O–H groups in total. The predicted molar refractivity (Wildman–Crippen MR) is 36.0 cm³/mol. The number of aliphatic hydroxyl groups is 1. The maximum absolute atomic E-state index is 9.29. The van der Waals surface area contributed by atoms with Gasteiger partial charge in [-0.25, -0.2) is 0 Å².